The summed E-state index contributed by atoms with van der Waals surface area (Å²) in [6.07, 6.45) is 12.4. The van der Waals surface area contributed by atoms with E-state index in [0.29, 0.717) is 11.8 Å². The van der Waals surface area contributed by atoms with Gasteiger partial charge in [-0.1, -0.05) is 26.7 Å². The Morgan fingerprint density at radius 3 is 2.72 bits per heavy atom. The van der Waals surface area contributed by atoms with Gasteiger partial charge in [0.1, 0.15) is 11.6 Å². The highest BCUT2D eigenvalue weighted by atomic mass is 16.6. The molecule has 0 radical (unpaired) electrons. The minimum Gasteiger partial charge on any atom is -0.460 e. The molecule has 0 aromatic rings. The van der Waals surface area contributed by atoms with Crippen molar-refractivity contribution in [2.24, 2.45) is 27.7 Å². The molecule has 4 atom stereocenters. The largest absolute Gasteiger partial charge is 0.460 e. The molecule has 1 saturated carbocycles. The third-order valence-electron chi connectivity index (χ3n) is 6.34. The highest BCUT2D eigenvalue weighted by Crippen LogP contribution is 2.42. The average Bonchev–Trinajstić information content (AvgIpc) is 3.06. The van der Waals surface area contributed by atoms with Crippen molar-refractivity contribution in [3.05, 3.63) is 23.4 Å². The van der Waals surface area contributed by atoms with Gasteiger partial charge in [0.2, 0.25) is 0 Å². The molecule has 0 amide bonds. The molecular formula is C25H38N2O2. The molecule has 4 nitrogen and oxygen atoms in total. The van der Waals surface area contributed by atoms with Crippen LogP contribution in [0.3, 0.4) is 0 Å². The standard InChI is InChI=1S/C25H38N2O2/c1-7-8-12-20-15-22-23(27-20)21(13-16(2)26-22)19-11-9-10-18(14-19)17(3)24(28)29-25(4,5)6/h13,15,17-19,23H,7-12,14H2,1-6H3. The second kappa shape index (κ2) is 8.97. The van der Waals surface area contributed by atoms with Crippen LogP contribution in [0.2, 0.25) is 0 Å². The summed E-state index contributed by atoms with van der Waals surface area (Å²) in [7, 11) is 0. The highest BCUT2D eigenvalue weighted by Gasteiger charge is 2.37. The van der Waals surface area contributed by atoms with E-state index in [0.717, 1.165) is 37.1 Å². The second-order valence-electron chi connectivity index (χ2n) is 10.0. The van der Waals surface area contributed by atoms with Crippen LogP contribution < -0.4 is 0 Å². The molecule has 4 unspecified atom stereocenters. The van der Waals surface area contributed by atoms with Crippen LogP contribution in [0.15, 0.2) is 33.4 Å². The number of fused-ring (bicyclic) bond motifs is 1. The van der Waals surface area contributed by atoms with E-state index < -0.39 is 5.60 Å². The van der Waals surface area contributed by atoms with Gasteiger partial charge in [-0.3, -0.25) is 14.8 Å². The third-order valence-corrected chi connectivity index (χ3v) is 6.34. The molecule has 0 bridgehead atoms. The maximum atomic E-state index is 12.6. The first-order valence-corrected chi connectivity index (χ1v) is 11.5. The first-order valence-electron chi connectivity index (χ1n) is 11.5. The van der Waals surface area contributed by atoms with Crippen molar-refractivity contribution in [1.29, 1.82) is 0 Å². The summed E-state index contributed by atoms with van der Waals surface area (Å²) in [6.45, 7) is 12.2. The number of unbranched alkanes of at least 4 members (excludes halogenated alkanes) is 1. The van der Waals surface area contributed by atoms with Gasteiger partial charge in [0.15, 0.2) is 0 Å². The monoisotopic (exact) mass is 398 g/mol. The lowest BCUT2D eigenvalue weighted by Crippen LogP contribution is -2.34. The third kappa shape index (κ3) is 5.46. The van der Waals surface area contributed by atoms with Gasteiger partial charge < -0.3 is 4.74 Å². The fourth-order valence-electron chi connectivity index (χ4n) is 4.82. The van der Waals surface area contributed by atoms with Gasteiger partial charge in [-0.15, -0.1) is 0 Å². The van der Waals surface area contributed by atoms with Crippen molar-refractivity contribution < 1.29 is 9.53 Å². The van der Waals surface area contributed by atoms with E-state index >= 15 is 0 Å². The van der Waals surface area contributed by atoms with Crippen molar-refractivity contribution in [2.75, 3.05) is 0 Å². The molecule has 0 N–H and O–H groups in total. The first kappa shape index (κ1) is 22.0. The van der Waals surface area contributed by atoms with Gasteiger partial charge in [0.05, 0.1) is 11.6 Å². The molecule has 29 heavy (non-hydrogen) atoms. The van der Waals surface area contributed by atoms with Gasteiger partial charge in [-0.2, -0.15) is 0 Å². The van der Waals surface area contributed by atoms with E-state index in [4.69, 9.17) is 14.7 Å². The summed E-state index contributed by atoms with van der Waals surface area (Å²) in [5, 5.41) is 0. The van der Waals surface area contributed by atoms with E-state index in [2.05, 4.69) is 26.0 Å². The number of rotatable bonds is 6. The summed E-state index contributed by atoms with van der Waals surface area (Å²) < 4.78 is 5.67. The maximum absolute atomic E-state index is 12.6. The number of carbonyl (C=O) groups is 1. The summed E-state index contributed by atoms with van der Waals surface area (Å²) >= 11 is 0. The Hall–Kier alpha value is -1.71. The first-order chi connectivity index (χ1) is 13.7. The molecule has 2 aliphatic heterocycles. The van der Waals surface area contributed by atoms with E-state index in [1.54, 1.807) is 0 Å². The van der Waals surface area contributed by atoms with Crippen LogP contribution in [0.1, 0.15) is 86.5 Å². The molecule has 0 aromatic carbocycles. The fourth-order valence-corrected chi connectivity index (χ4v) is 4.82. The van der Waals surface area contributed by atoms with Crippen molar-refractivity contribution in [3.8, 4) is 0 Å². The number of carbonyl (C=O) groups excluding carboxylic acids is 1. The maximum Gasteiger partial charge on any atom is 0.309 e. The van der Waals surface area contributed by atoms with Gasteiger partial charge in [-0.25, -0.2) is 0 Å². The lowest BCUT2D eigenvalue weighted by molar-refractivity contribution is -0.161. The van der Waals surface area contributed by atoms with E-state index in [1.807, 2.05) is 27.7 Å². The van der Waals surface area contributed by atoms with Crippen LogP contribution in [0.4, 0.5) is 0 Å². The van der Waals surface area contributed by atoms with Crippen molar-refractivity contribution in [2.45, 2.75) is 98.1 Å². The van der Waals surface area contributed by atoms with Gasteiger partial charge >= 0.3 is 5.97 Å². The van der Waals surface area contributed by atoms with Crippen LogP contribution in [0, 0.1) is 17.8 Å². The summed E-state index contributed by atoms with van der Waals surface area (Å²) in [5.74, 6) is 0.742. The molecule has 2 heterocycles. The molecule has 3 aliphatic rings. The van der Waals surface area contributed by atoms with E-state index in [1.165, 1.54) is 30.5 Å². The lowest BCUT2D eigenvalue weighted by Gasteiger charge is -2.36. The van der Waals surface area contributed by atoms with Crippen LogP contribution >= 0.6 is 0 Å². The normalized spacial score (nSPS) is 28.0. The number of ether oxygens (including phenoxy) is 1. The predicted molar refractivity (Wildman–Crippen MR) is 120 cm³/mol. The number of allylic oxidation sites excluding steroid dienone is 2. The minimum atomic E-state index is -0.425. The molecule has 1 aliphatic carbocycles. The Morgan fingerprint density at radius 1 is 1.28 bits per heavy atom. The Balaban J connectivity index is 1.73. The molecule has 0 aromatic heterocycles. The smallest absolute Gasteiger partial charge is 0.309 e. The number of dihydropyridines is 1. The molecular weight excluding hydrogens is 360 g/mol. The Kier molecular flexibility index (Phi) is 6.80. The zero-order valence-corrected chi connectivity index (χ0v) is 19.1. The predicted octanol–water partition coefficient (Wildman–Crippen LogP) is 6.07. The Labute approximate surface area is 176 Å². The molecule has 0 spiro atoms. The van der Waals surface area contributed by atoms with Gasteiger partial charge in [0, 0.05) is 11.4 Å². The average molecular weight is 399 g/mol. The lowest BCUT2D eigenvalue weighted by atomic mass is 9.71. The van der Waals surface area contributed by atoms with E-state index in [9.17, 15) is 4.79 Å². The number of hydrogen-bond acceptors (Lipinski definition) is 4. The Bertz CT molecular complexity index is 751. The topological polar surface area (TPSA) is 51.0 Å². The van der Waals surface area contributed by atoms with Crippen LogP contribution in [-0.2, 0) is 9.53 Å². The molecule has 3 rings (SSSR count). The summed E-state index contributed by atoms with van der Waals surface area (Å²) in [4.78, 5) is 22.5. The number of hydrogen-bond donors (Lipinski definition) is 0. The number of aliphatic imine (C=N–C) groups is 2. The van der Waals surface area contributed by atoms with Crippen molar-refractivity contribution in [3.63, 3.8) is 0 Å². The molecule has 160 valence electrons. The van der Waals surface area contributed by atoms with Crippen LogP contribution in [0.5, 0.6) is 0 Å². The zero-order valence-electron chi connectivity index (χ0n) is 19.1. The van der Waals surface area contributed by atoms with Gasteiger partial charge in [0.25, 0.3) is 0 Å². The second-order valence-corrected chi connectivity index (χ2v) is 10.0. The fraction of sp³-hybridized carbons (Fsp3) is 0.720. The Morgan fingerprint density at radius 2 is 2.03 bits per heavy atom. The molecule has 1 fully saturated rings. The number of esters is 1. The summed E-state index contributed by atoms with van der Waals surface area (Å²) in [5.41, 5.74) is 4.39. The highest BCUT2D eigenvalue weighted by molar-refractivity contribution is 6.02. The summed E-state index contributed by atoms with van der Waals surface area (Å²) in [6, 6.07) is 0.103. The van der Waals surface area contributed by atoms with Crippen molar-refractivity contribution in [1.82, 2.24) is 0 Å². The van der Waals surface area contributed by atoms with Gasteiger partial charge in [-0.05, 0) is 89.4 Å². The quantitative estimate of drug-likeness (QED) is 0.510. The molecule has 4 heteroatoms. The van der Waals surface area contributed by atoms with E-state index in [-0.39, 0.29) is 17.9 Å². The number of nitrogens with zero attached hydrogens (tertiary/aromatic N) is 2. The van der Waals surface area contributed by atoms with Crippen molar-refractivity contribution >= 4 is 17.4 Å². The minimum absolute atomic E-state index is 0.0557. The molecule has 0 saturated heterocycles. The van der Waals surface area contributed by atoms with Crippen LogP contribution in [-0.4, -0.2) is 29.0 Å². The van der Waals surface area contributed by atoms with Crippen LogP contribution in [0.25, 0.3) is 0 Å². The SMILES string of the molecule is CCCCC1=NC2C(=C1)N=C(C)C=C2C1CCCC(C(C)C(=O)OC(C)(C)C)C1. The zero-order chi connectivity index (χ0) is 21.2.